The molecule has 4 heteroatoms. The average molecular weight is 579 g/mol. The molecule has 0 amide bonds. The molecule has 0 aliphatic heterocycles. The highest BCUT2D eigenvalue weighted by molar-refractivity contribution is 5.90. The van der Waals surface area contributed by atoms with Gasteiger partial charge in [-0.15, -0.1) is 0 Å². The predicted molar refractivity (Wildman–Crippen MR) is 187 cm³/mol. The minimum atomic E-state index is 0.868. The molecule has 2 heterocycles. The smallest absolute Gasteiger partial charge is 0.0973 e. The summed E-state index contributed by atoms with van der Waals surface area (Å²) in [4.78, 5) is 12.5. The number of hydrogen-bond donors (Lipinski definition) is 0. The maximum Gasteiger partial charge on any atom is 0.0973 e. The molecule has 0 fully saturated rings. The van der Waals surface area contributed by atoms with Gasteiger partial charge in [0.2, 0.25) is 0 Å². The molecule has 0 radical (unpaired) electrons. The molecule has 0 saturated heterocycles. The third-order valence-electron chi connectivity index (χ3n) is 8.32. The van der Waals surface area contributed by atoms with Crippen LogP contribution >= 0.6 is 0 Å². The molecule has 6 aromatic carbocycles. The van der Waals surface area contributed by atoms with Crippen molar-refractivity contribution in [3.63, 3.8) is 0 Å². The molecule has 0 atom stereocenters. The van der Waals surface area contributed by atoms with Crippen LogP contribution in [0.15, 0.2) is 164 Å². The van der Waals surface area contributed by atoms with Gasteiger partial charge in [0.15, 0.2) is 0 Å². The molecule has 45 heavy (non-hydrogen) atoms. The summed E-state index contributed by atoms with van der Waals surface area (Å²) in [5, 5.41) is 1.26. The Hall–Kier alpha value is -6.00. The van der Waals surface area contributed by atoms with Crippen LogP contribution < -0.4 is 4.90 Å². The van der Waals surface area contributed by atoms with Crippen molar-refractivity contribution in [3.05, 3.63) is 169 Å². The van der Waals surface area contributed by atoms with Crippen molar-refractivity contribution in [3.8, 4) is 28.2 Å². The zero-order valence-corrected chi connectivity index (χ0v) is 24.9. The topological polar surface area (TPSA) is 34.0 Å². The number of benzene rings is 6. The van der Waals surface area contributed by atoms with Gasteiger partial charge in [0, 0.05) is 34.1 Å². The monoisotopic (exact) mass is 578 g/mol. The van der Waals surface area contributed by atoms with Crippen LogP contribution in [0, 0.1) is 6.92 Å². The lowest BCUT2D eigenvalue weighted by molar-refractivity contribution is 1.10. The van der Waals surface area contributed by atoms with E-state index in [1.165, 1.54) is 16.5 Å². The zero-order valence-electron chi connectivity index (χ0n) is 24.9. The van der Waals surface area contributed by atoms with Gasteiger partial charge in [0.05, 0.1) is 39.3 Å². The highest BCUT2D eigenvalue weighted by atomic mass is 15.2. The highest BCUT2D eigenvalue weighted by Crippen LogP contribution is 2.40. The van der Waals surface area contributed by atoms with Crippen molar-refractivity contribution in [2.24, 2.45) is 0 Å². The fourth-order valence-corrected chi connectivity index (χ4v) is 6.18. The predicted octanol–water partition coefficient (Wildman–Crippen LogP) is 10.7. The van der Waals surface area contributed by atoms with Crippen molar-refractivity contribution in [2.45, 2.75) is 6.92 Å². The molecule has 2 aromatic heterocycles. The number of nitrogens with zero attached hydrogens (tertiary/aromatic N) is 4. The Bertz CT molecular complexity index is 2270. The van der Waals surface area contributed by atoms with Crippen molar-refractivity contribution in [1.29, 1.82) is 0 Å². The number of hydrogen-bond acceptors (Lipinski definition) is 3. The van der Waals surface area contributed by atoms with E-state index in [1.54, 1.807) is 0 Å². The summed E-state index contributed by atoms with van der Waals surface area (Å²) in [5.41, 5.74) is 12.4. The largest absolute Gasteiger partial charge is 0.314 e. The number of aryl methyl sites for hydroxylation is 1. The Morgan fingerprint density at radius 3 is 1.73 bits per heavy atom. The average Bonchev–Trinajstić information content (AvgIpc) is 3.45. The summed E-state index contributed by atoms with van der Waals surface area (Å²) in [6.45, 7) is 2.18. The van der Waals surface area contributed by atoms with Gasteiger partial charge >= 0.3 is 0 Å². The molecule has 0 unspecified atom stereocenters. The summed E-state index contributed by atoms with van der Waals surface area (Å²) < 4.78 is 2.31. The van der Waals surface area contributed by atoms with E-state index in [0.717, 1.165) is 56.3 Å². The Balaban J connectivity index is 1.28. The number of anilines is 3. The molecule has 0 saturated carbocycles. The van der Waals surface area contributed by atoms with Crippen LogP contribution in [0.25, 0.3) is 50.1 Å². The Morgan fingerprint density at radius 1 is 0.489 bits per heavy atom. The van der Waals surface area contributed by atoms with E-state index in [9.17, 15) is 0 Å². The highest BCUT2D eigenvalue weighted by Gasteiger charge is 2.19. The maximum atomic E-state index is 5.12. The summed E-state index contributed by atoms with van der Waals surface area (Å²) >= 11 is 0. The molecule has 0 aliphatic rings. The van der Waals surface area contributed by atoms with Gasteiger partial charge < -0.3 is 9.47 Å². The van der Waals surface area contributed by atoms with Crippen LogP contribution in [0.3, 0.4) is 0 Å². The second-order valence-corrected chi connectivity index (χ2v) is 11.2. The second kappa shape index (κ2) is 11.3. The van der Waals surface area contributed by atoms with Gasteiger partial charge in [0.1, 0.15) is 0 Å². The van der Waals surface area contributed by atoms with Gasteiger partial charge in [-0.3, -0.25) is 0 Å². The number of aromatic nitrogens is 3. The van der Waals surface area contributed by atoms with Crippen molar-refractivity contribution in [1.82, 2.24) is 14.5 Å². The van der Waals surface area contributed by atoms with Crippen molar-refractivity contribution >= 4 is 39.0 Å². The van der Waals surface area contributed by atoms with E-state index in [-0.39, 0.29) is 0 Å². The third kappa shape index (κ3) is 4.83. The molecule has 0 aliphatic carbocycles. The third-order valence-corrected chi connectivity index (χ3v) is 8.32. The maximum absolute atomic E-state index is 5.12. The minimum absolute atomic E-state index is 0.868. The van der Waals surface area contributed by atoms with E-state index in [1.807, 2.05) is 42.5 Å². The summed E-state index contributed by atoms with van der Waals surface area (Å²) in [5.74, 6) is 0. The molecular formula is C41H30N4. The molecular weight excluding hydrogens is 548 g/mol. The van der Waals surface area contributed by atoms with Gasteiger partial charge in [-0.25, -0.2) is 9.97 Å². The molecule has 8 rings (SSSR count). The lowest BCUT2D eigenvalue weighted by Crippen LogP contribution is -2.12. The standard InChI is InChI=1S/C41H30N4/c1-29-28-44(37-21-11-8-18-34(29)37)38-22-12-13-23-39(38)45(32-16-6-3-7-17-32)33-26-24-31(25-27-33)41-40(30-14-4-2-5-15-30)42-35-19-9-10-20-36(35)43-41/h2-28H,1H3. The van der Waals surface area contributed by atoms with Crippen molar-refractivity contribution in [2.75, 3.05) is 4.90 Å². The minimum Gasteiger partial charge on any atom is -0.314 e. The first-order valence-corrected chi connectivity index (χ1v) is 15.2. The first-order chi connectivity index (χ1) is 22.2. The van der Waals surface area contributed by atoms with Crippen LogP contribution in [0.1, 0.15) is 5.56 Å². The van der Waals surface area contributed by atoms with E-state index >= 15 is 0 Å². The SMILES string of the molecule is Cc1cn(-c2ccccc2N(c2ccccc2)c2ccc(-c3nc4ccccc4nc3-c3ccccc3)cc2)c2ccccc12. The number of para-hydroxylation sites is 6. The zero-order chi connectivity index (χ0) is 30.2. The Labute approximate surface area is 262 Å². The van der Waals surface area contributed by atoms with Gasteiger partial charge in [0.25, 0.3) is 0 Å². The van der Waals surface area contributed by atoms with E-state index in [4.69, 9.17) is 9.97 Å². The normalized spacial score (nSPS) is 11.2. The van der Waals surface area contributed by atoms with Gasteiger partial charge in [-0.05, 0) is 67.1 Å². The molecule has 214 valence electrons. The first kappa shape index (κ1) is 26.6. The lowest BCUT2D eigenvalue weighted by Gasteiger charge is -2.28. The van der Waals surface area contributed by atoms with Crippen LogP contribution in [-0.4, -0.2) is 14.5 Å². The fraction of sp³-hybridized carbons (Fsp3) is 0.0244. The molecule has 0 spiro atoms. The van der Waals surface area contributed by atoms with Gasteiger partial charge in [-0.1, -0.05) is 103 Å². The van der Waals surface area contributed by atoms with Crippen LogP contribution in [0.4, 0.5) is 17.1 Å². The number of fused-ring (bicyclic) bond motifs is 2. The first-order valence-electron chi connectivity index (χ1n) is 15.2. The van der Waals surface area contributed by atoms with E-state index in [2.05, 4.69) is 138 Å². The van der Waals surface area contributed by atoms with E-state index < -0.39 is 0 Å². The van der Waals surface area contributed by atoms with Crippen molar-refractivity contribution < 1.29 is 0 Å². The summed E-state index contributed by atoms with van der Waals surface area (Å²) in [6, 6.07) is 54.8. The summed E-state index contributed by atoms with van der Waals surface area (Å²) in [7, 11) is 0. The fourth-order valence-electron chi connectivity index (χ4n) is 6.18. The summed E-state index contributed by atoms with van der Waals surface area (Å²) in [6.07, 6.45) is 2.24. The molecule has 0 bridgehead atoms. The van der Waals surface area contributed by atoms with Crippen LogP contribution in [0.2, 0.25) is 0 Å². The Kier molecular flexibility index (Phi) is 6.65. The molecule has 4 nitrogen and oxygen atoms in total. The van der Waals surface area contributed by atoms with Crippen LogP contribution in [-0.2, 0) is 0 Å². The van der Waals surface area contributed by atoms with Crippen LogP contribution in [0.5, 0.6) is 0 Å². The quantitative estimate of drug-likeness (QED) is 0.197. The number of rotatable bonds is 6. The Morgan fingerprint density at radius 2 is 1.02 bits per heavy atom. The van der Waals surface area contributed by atoms with Gasteiger partial charge in [-0.2, -0.15) is 0 Å². The molecule has 0 N–H and O–H groups in total. The second-order valence-electron chi connectivity index (χ2n) is 11.2. The molecule has 8 aromatic rings. The lowest BCUT2D eigenvalue weighted by atomic mass is 10.0. The van der Waals surface area contributed by atoms with E-state index in [0.29, 0.717) is 0 Å².